The lowest BCUT2D eigenvalue weighted by Gasteiger charge is -2.12. The molecule has 0 unspecified atom stereocenters. The van der Waals surface area contributed by atoms with Crippen molar-refractivity contribution >= 4 is 23.4 Å². The molecule has 0 saturated carbocycles. The molecule has 3 rings (SSSR count). The minimum atomic E-state index is -0.0621. The molecule has 0 spiro atoms. The molecule has 0 aliphatic rings. The van der Waals surface area contributed by atoms with Gasteiger partial charge in [-0.15, -0.1) is 11.8 Å². The fourth-order valence-electron chi connectivity index (χ4n) is 2.13. The summed E-state index contributed by atoms with van der Waals surface area (Å²) in [7, 11) is 0. The SMILES string of the molecule is O=C(CSc1ccccc1)Nc1ccccc1Oc1ccccc1. The molecule has 1 N–H and O–H groups in total. The average Bonchev–Trinajstić information content (AvgIpc) is 2.63. The van der Waals surface area contributed by atoms with Gasteiger partial charge in [0.15, 0.2) is 5.75 Å². The number of para-hydroxylation sites is 3. The van der Waals surface area contributed by atoms with Crippen LogP contribution in [-0.4, -0.2) is 11.7 Å². The third-order valence-corrected chi connectivity index (χ3v) is 4.26. The summed E-state index contributed by atoms with van der Waals surface area (Å²) in [5.74, 6) is 1.65. The zero-order valence-corrected chi connectivity index (χ0v) is 13.8. The van der Waals surface area contributed by atoms with Gasteiger partial charge in [-0.2, -0.15) is 0 Å². The molecule has 4 heteroatoms. The minimum Gasteiger partial charge on any atom is -0.455 e. The minimum absolute atomic E-state index is 0.0621. The number of rotatable bonds is 6. The zero-order valence-electron chi connectivity index (χ0n) is 13.0. The molecule has 120 valence electrons. The second-order valence-corrected chi connectivity index (χ2v) is 6.11. The molecule has 1 amide bonds. The van der Waals surface area contributed by atoms with Crippen molar-refractivity contribution in [3.63, 3.8) is 0 Å². The number of amides is 1. The Morgan fingerprint density at radius 3 is 2.21 bits per heavy atom. The van der Waals surface area contributed by atoms with Crippen LogP contribution in [0.4, 0.5) is 5.69 Å². The Balaban J connectivity index is 1.63. The molecule has 24 heavy (non-hydrogen) atoms. The van der Waals surface area contributed by atoms with Gasteiger partial charge in [0, 0.05) is 4.90 Å². The van der Waals surface area contributed by atoms with Gasteiger partial charge in [-0.05, 0) is 36.4 Å². The van der Waals surface area contributed by atoms with E-state index in [-0.39, 0.29) is 5.91 Å². The van der Waals surface area contributed by atoms with Crippen LogP contribution in [0, 0.1) is 0 Å². The van der Waals surface area contributed by atoms with E-state index in [1.54, 1.807) is 0 Å². The van der Waals surface area contributed by atoms with Crippen LogP contribution >= 0.6 is 11.8 Å². The molecule has 0 aliphatic heterocycles. The first-order chi connectivity index (χ1) is 11.8. The molecular formula is C20H17NO2S. The number of carbonyl (C=O) groups is 1. The van der Waals surface area contributed by atoms with Crippen LogP contribution in [0.5, 0.6) is 11.5 Å². The highest BCUT2D eigenvalue weighted by atomic mass is 32.2. The first-order valence-corrected chi connectivity index (χ1v) is 8.59. The van der Waals surface area contributed by atoms with E-state index in [0.29, 0.717) is 17.2 Å². The number of ether oxygens (including phenoxy) is 1. The third-order valence-electron chi connectivity index (χ3n) is 3.25. The summed E-state index contributed by atoms with van der Waals surface area (Å²) in [6.07, 6.45) is 0. The van der Waals surface area contributed by atoms with Crippen molar-refractivity contribution in [1.29, 1.82) is 0 Å². The maximum Gasteiger partial charge on any atom is 0.234 e. The van der Waals surface area contributed by atoms with Gasteiger partial charge in [0.1, 0.15) is 5.75 Å². The zero-order chi connectivity index (χ0) is 16.6. The summed E-state index contributed by atoms with van der Waals surface area (Å²) < 4.78 is 5.85. The summed E-state index contributed by atoms with van der Waals surface area (Å²) in [5, 5.41) is 2.92. The van der Waals surface area contributed by atoms with E-state index in [0.717, 1.165) is 10.6 Å². The van der Waals surface area contributed by atoms with Crippen molar-refractivity contribution in [1.82, 2.24) is 0 Å². The molecule has 0 radical (unpaired) electrons. The van der Waals surface area contributed by atoms with Crippen LogP contribution in [0.15, 0.2) is 89.8 Å². The van der Waals surface area contributed by atoms with E-state index in [9.17, 15) is 4.79 Å². The predicted molar refractivity (Wildman–Crippen MR) is 98.8 cm³/mol. The fourth-order valence-corrected chi connectivity index (χ4v) is 2.85. The van der Waals surface area contributed by atoms with Crippen LogP contribution in [0.2, 0.25) is 0 Å². The lowest BCUT2D eigenvalue weighted by atomic mass is 10.3. The second kappa shape index (κ2) is 8.22. The van der Waals surface area contributed by atoms with Crippen molar-refractivity contribution in [3.8, 4) is 11.5 Å². The number of thioether (sulfide) groups is 1. The van der Waals surface area contributed by atoms with Gasteiger partial charge < -0.3 is 10.1 Å². The summed E-state index contributed by atoms with van der Waals surface area (Å²) in [5.41, 5.74) is 0.667. The number of carbonyl (C=O) groups excluding carboxylic acids is 1. The number of benzene rings is 3. The van der Waals surface area contributed by atoms with Gasteiger partial charge in [0.2, 0.25) is 5.91 Å². The van der Waals surface area contributed by atoms with Gasteiger partial charge in [-0.3, -0.25) is 4.79 Å². The maximum absolute atomic E-state index is 12.2. The normalized spacial score (nSPS) is 10.2. The van der Waals surface area contributed by atoms with Gasteiger partial charge >= 0.3 is 0 Å². The molecule has 0 heterocycles. The van der Waals surface area contributed by atoms with Crippen LogP contribution in [0.1, 0.15) is 0 Å². The smallest absolute Gasteiger partial charge is 0.234 e. The molecule has 0 atom stereocenters. The van der Waals surface area contributed by atoms with E-state index in [1.807, 2.05) is 84.9 Å². The molecule has 0 aromatic heterocycles. The number of anilines is 1. The molecular weight excluding hydrogens is 318 g/mol. The van der Waals surface area contributed by atoms with Crippen LogP contribution in [0.3, 0.4) is 0 Å². The molecule has 0 aliphatic carbocycles. The first kappa shape index (κ1) is 16.1. The lowest BCUT2D eigenvalue weighted by Crippen LogP contribution is -2.14. The highest BCUT2D eigenvalue weighted by molar-refractivity contribution is 8.00. The van der Waals surface area contributed by atoms with Crippen LogP contribution < -0.4 is 10.1 Å². The Kier molecular flexibility index (Phi) is 5.53. The van der Waals surface area contributed by atoms with E-state index in [2.05, 4.69) is 5.32 Å². The predicted octanol–water partition coefficient (Wildman–Crippen LogP) is 5.21. The van der Waals surface area contributed by atoms with Gasteiger partial charge in [0.05, 0.1) is 11.4 Å². The summed E-state index contributed by atoms with van der Waals surface area (Å²) >= 11 is 1.50. The summed E-state index contributed by atoms with van der Waals surface area (Å²) in [6, 6.07) is 26.8. The lowest BCUT2D eigenvalue weighted by molar-refractivity contribution is -0.113. The highest BCUT2D eigenvalue weighted by Crippen LogP contribution is 2.29. The van der Waals surface area contributed by atoms with Gasteiger partial charge in [-0.25, -0.2) is 0 Å². The molecule has 3 nitrogen and oxygen atoms in total. The van der Waals surface area contributed by atoms with Crippen molar-refractivity contribution in [2.24, 2.45) is 0 Å². The van der Waals surface area contributed by atoms with E-state index < -0.39 is 0 Å². The number of hydrogen-bond acceptors (Lipinski definition) is 3. The second-order valence-electron chi connectivity index (χ2n) is 5.06. The highest BCUT2D eigenvalue weighted by Gasteiger charge is 2.09. The van der Waals surface area contributed by atoms with Crippen LogP contribution in [0.25, 0.3) is 0 Å². The largest absolute Gasteiger partial charge is 0.455 e. The first-order valence-electron chi connectivity index (χ1n) is 7.61. The Morgan fingerprint density at radius 1 is 0.833 bits per heavy atom. The van der Waals surface area contributed by atoms with E-state index in [4.69, 9.17) is 4.74 Å². The van der Waals surface area contributed by atoms with Gasteiger partial charge in [0.25, 0.3) is 0 Å². The standard InChI is InChI=1S/C20H17NO2S/c22-20(15-24-17-11-5-2-6-12-17)21-18-13-7-8-14-19(18)23-16-9-3-1-4-10-16/h1-14H,15H2,(H,21,22). The van der Waals surface area contributed by atoms with Crippen molar-refractivity contribution in [2.45, 2.75) is 4.90 Å². The van der Waals surface area contributed by atoms with Crippen LogP contribution in [-0.2, 0) is 4.79 Å². The molecule has 3 aromatic rings. The summed E-state index contributed by atoms with van der Waals surface area (Å²) in [6.45, 7) is 0. The summed E-state index contributed by atoms with van der Waals surface area (Å²) in [4.78, 5) is 13.3. The molecule has 3 aromatic carbocycles. The topological polar surface area (TPSA) is 38.3 Å². The number of nitrogens with one attached hydrogen (secondary N) is 1. The van der Waals surface area contributed by atoms with E-state index >= 15 is 0 Å². The Labute approximate surface area is 145 Å². The van der Waals surface area contributed by atoms with E-state index in [1.165, 1.54) is 11.8 Å². The third kappa shape index (κ3) is 4.64. The Hall–Kier alpha value is -2.72. The Bertz CT molecular complexity index is 791. The molecule has 0 saturated heterocycles. The Morgan fingerprint density at radius 2 is 1.46 bits per heavy atom. The van der Waals surface area contributed by atoms with Crippen molar-refractivity contribution in [2.75, 3.05) is 11.1 Å². The van der Waals surface area contributed by atoms with Crippen molar-refractivity contribution in [3.05, 3.63) is 84.9 Å². The monoisotopic (exact) mass is 335 g/mol. The average molecular weight is 335 g/mol. The van der Waals surface area contributed by atoms with Gasteiger partial charge in [-0.1, -0.05) is 48.5 Å². The maximum atomic E-state index is 12.2. The quantitative estimate of drug-likeness (QED) is 0.628. The molecule has 0 fully saturated rings. The fraction of sp³-hybridized carbons (Fsp3) is 0.0500. The number of hydrogen-bond donors (Lipinski definition) is 1. The molecule has 0 bridgehead atoms. The van der Waals surface area contributed by atoms with Crippen molar-refractivity contribution < 1.29 is 9.53 Å².